The smallest absolute Gasteiger partial charge is 0.270 e. The fourth-order valence-corrected chi connectivity index (χ4v) is 2.40. The van der Waals surface area contributed by atoms with Gasteiger partial charge in [-0.25, -0.2) is 8.42 Å². The molecule has 0 saturated carbocycles. The molecule has 0 aliphatic carbocycles. The summed E-state index contributed by atoms with van der Waals surface area (Å²) in [5.74, 6) is 0.0931. The number of non-ortho nitro benzene ring substituents is 1. The van der Waals surface area contributed by atoms with E-state index in [2.05, 4.69) is 0 Å². The van der Waals surface area contributed by atoms with E-state index < -0.39 is 26.1 Å². The molecule has 0 aromatic heterocycles. The van der Waals surface area contributed by atoms with E-state index in [9.17, 15) is 23.6 Å². The zero-order chi connectivity index (χ0) is 16.2. The molecule has 0 aliphatic rings. The van der Waals surface area contributed by atoms with Crippen molar-refractivity contribution in [1.82, 2.24) is 0 Å². The van der Waals surface area contributed by atoms with Crippen molar-refractivity contribution in [2.75, 3.05) is 12.4 Å². The van der Waals surface area contributed by atoms with Gasteiger partial charge >= 0.3 is 0 Å². The number of nitro groups is 1. The third-order valence-corrected chi connectivity index (χ3v) is 5.17. The van der Waals surface area contributed by atoms with E-state index in [1.807, 2.05) is 0 Å². The molecule has 118 valence electrons. The summed E-state index contributed by atoms with van der Waals surface area (Å²) in [5, 5.41) is 19.9. The molecule has 0 radical (unpaired) electrons. The predicted octanol–water partition coefficient (Wildman–Crippen LogP) is 1.85. The lowest BCUT2D eigenvalue weighted by Crippen LogP contribution is -2.22. The van der Waals surface area contributed by atoms with Crippen molar-refractivity contribution in [1.29, 1.82) is 0 Å². The molecule has 0 unspecified atom stereocenters. The van der Waals surface area contributed by atoms with Crippen molar-refractivity contribution in [2.45, 2.75) is 32.1 Å². The SMILES string of the molecule is CC(C)S(=O)(=O)CCOc1ccc([N+](=O)[O-])cc1[C@@H](C)O. The molecule has 7 nitrogen and oxygen atoms in total. The van der Waals surface area contributed by atoms with Crippen molar-refractivity contribution >= 4 is 15.5 Å². The first-order chi connectivity index (χ1) is 9.65. The molecule has 0 spiro atoms. The minimum Gasteiger partial charge on any atom is -0.492 e. The van der Waals surface area contributed by atoms with E-state index in [0.29, 0.717) is 0 Å². The monoisotopic (exact) mass is 317 g/mol. The Kier molecular flexibility index (Phi) is 5.68. The van der Waals surface area contributed by atoms with Gasteiger partial charge in [-0.05, 0) is 26.8 Å². The second-order valence-electron chi connectivity index (χ2n) is 4.92. The fraction of sp³-hybridized carbons (Fsp3) is 0.538. The third kappa shape index (κ3) is 4.68. The topological polar surface area (TPSA) is 107 Å². The maximum absolute atomic E-state index is 11.7. The van der Waals surface area contributed by atoms with E-state index in [0.717, 1.165) is 0 Å². The van der Waals surface area contributed by atoms with E-state index in [1.165, 1.54) is 25.1 Å². The molecule has 8 heteroatoms. The first kappa shape index (κ1) is 17.4. The Morgan fingerprint density at radius 3 is 2.43 bits per heavy atom. The Morgan fingerprint density at radius 1 is 1.33 bits per heavy atom. The van der Waals surface area contributed by atoms with E-state index in [-0.39, 0.29) is 29.4 Å². The van der Waals surface area contributed by atoms with Crippen molar-refractivity contribution < 1.29 is 23.2 Å². The number of rotatable bonds is 7. The molecule has 21 heavy (non-hydrogen) atoms. The molecule has 1 aromatic carbocycles. The average molecular weight is 317 g/mol. The number of aliphatic hydroxyl groups is 1. The van der Waals surface area contributed by atoms with Crippen molar-refractivity contribution in [3.63, 3.8) is 0 Å². The summed E-state index contributed by atoms with van der Waals surface area (Å²) >= 11 is 0. The van der Waals surface area contributed by atoms with Crippen LogP contribution in [0.15, 0.2) is 18.2 Å². The average Bonchev–Trinajstić information content (AvgIpc) is 2.38. The number of sulfone groups is 1. The summed E-state index contributed by atoms with van der Waals surface area (Å²) in [6, 6.07) is 3.83. The van der Waals surface area contributed by atoms with Crippen LogP contribution in [0.25, 0.3) is 0 Å². The van der Waals surface area contributed by atoms with E-state index >= 15 is 0 Å². The quantitative estimate of drug-likeness (QED) is 0.607. The highest BCUT2D eigenvalue weighted by molar-refractivity contribution is 7.91. The van der Waals surface area contributed by atoms with Gasteiger partial charge in [0, 0.05) is 17.7 Å². The molecule has 1 aromatic rings. The molecule has 0 amide bonds. The zero-order valence-corrected chi connectivity index (χ0v) is 13.0. The number of hydrogen-bond donors (Lipinski definition) is 1. The van der Waals surface area contributed by atoms with Crippen LogP contribution in [0.2, 0.25) is 0 Å². The van der Waals surface area contributed by atoms with Crippen LogP contribution in [0.5, 0.6) is 5.75 Å². The van der Waals surface area contributed by atoms with Crippen molar-refractivity contribution in [2.24, 2.45) is 0 Å². The Bertz CT molecular complexity index is 609. The highest BCUT2D eigenvalue weighted by atomic mass is 32.2. The first-order valence-electron chi connectivity index (χ1n) is 6.46. The van der Waals surface area contributed by atoms with Gasteiger partial charge in [-0.1, -0.05) is 0 Å². The second-order valence-corrected chi connectivity index (χ2v) is 7.60. The molecule has 1 atom stereocenters. The number of nitrogens with zero attached hydrogens (tertiary/aromatic N) is 1. The highest BCUT2D eigenvalue weighted by Crippen LogP contribution is 2.29. The minimum atomic E-state index is -3.22. The molecule has 0 fully saturated rings. The Balaban J connectivity index is 2.87. The summed E-state index contributed by atoms with van der Waals surface area (Å²) in [4.78, 5) is 10.1. The van der Waals surface area contributed by atoms with E-state index in [4.69, 9.17) is 4.74 Å². The highest BCUT2D eigenvalue weighted by Gasteiger charge is 2.18. The van der Waals surface area contributed by atoms with Gasteiger partial charge in [0.15, 0.2) is 9.84 Å². The number of benzene rings is 1. The number of aliphatic hydroxyl groups excluding tert-OH is 1. The zero-order valence-electron chi connectivity index (χ0n) is 12.1. The van der Waals surface area contributed by atoms with Gasteiger partial charge in [-0.3, -0.25) is 10.1 Å². The predicted molar refractivity (Wildman–Crippen MR) is 78.1 cm³/mol. The van der Waals surface area contributed by atoms with Crippen LogP contribution >= 0.6 is 0 Å². The van der Waals surface area contributed by atoms with Crippen LogP contribution in [0.3, 0.4) is 0 Å². The molecule has 0 saturated heterocycles. The lowest BCUT2D eigenvalue weighted by atomic mass is 10.1. The number of hydrogen-bond acceptors (Lipinski definition) is 6. The number of nitro benzene ring substituents is 1. The van der Waals surface area contributed by atoms with Gasteiger partial charge in [0.1, 0.15) is 12.4 Å². The van der Waals surface area contributed by atoms with Gasteiger partial charge in [0.2, 0.25) is 0 Å². The van der Waals surface area contributed by atoms with Gasteiger partial charge < -0.3 is 9.84 Å². The largest absolute Gasteiger partial charge is 0.492 e. The molecule has 0 aliphatic heterocycles. The third-order valence-electron chi connectivity index (χ3n) is 3.00. The van der Waals surface area contributed by atoms with Crippen LogP contribution in [0.4, 0.5) is 5.69 Å². The Hall–Kier alpha value is -1.67. The molecular formula is C13H19NO6S. The van der Waals surface area contributed by atoms with Gasteiger partial charge in [-0.2, -0.15) is 0 Å². The molecular weight excluding hydrogens is 298 g/mol. The Morgan fingerprint density at radius 2 is 1.95 bits per heavy atom. The maximum Gasteiger partial charge on any atom is 0.270 e. The standard InChI is InChI=1S/C13H19NO6S/c1-9(2)21(18,19)7-6-20-13-5-4-11(14(16)17)8-12(13)10(3)15/h4-5,8-10,15H,6-7H2,1-3H3/t10-/m1/s1. The number of ether oxygens (including phenoxy) is 1. The van der Waals surface area contributed by atoms with Crippen LogP contribution < -0.4 is 4.74 Å². The molecule has 0 heterocycles. The summed E-state index contributed by atoms with van der Waals surface area (Å²) in [7, 11) is -3.22. The van der Waals surface area contributed by atoms with Gasteiger partial charge in [0.25, 0.3) is 5.69 Å². The Labute approximate surface area is 123 Å². The lowest BCUT2D eigenvalue weighted by molar-refractivity contribution is -0.385. The van der Waals surface area contributed by atoms with Crippen LogP contribution in [0, 0.1) is 10.1 Å². The minimum absolute atomic E-state index is 0.0714. The maximum atomic E-state index is 11.7. The molecule has 1 N–H and O–H groups in total. The van der Waals surface area contributed by atoms with Gasteiger partial charge in [0.05, 0.1) is 22.0 Å². The normalized spacial score (nSPS) is 13.2. The lowest BCUT2D eigenvalue weighted by Gasteiger charge is -2.14. The summed E-state index contributed by atoms with van der Waals surface area (Å²) in [6.45, 7) is 4.56. The van der Waals surface area contributed by atoms with Crippen molar-refractivity contribution in [3.05, 3.63) is 33.9 Å². The van der Waals surface area contributed by atoms with E-state index in [1.54, 1.807) is 13.8 Å². The van der Waals surface area contributed by atoms with Crippen LogP contribution in [-0.2, 0) is 9.84 Å². The summed E-state index contributed by atoms with van der Waals surface area (Å²) in [5.41, 5.74) is 0.0965. The van der Waals surface area contributed by atoms with Crippen LogP contribution in [0.1, 0.15) is 32.4 Å². The summed E-state index contributed by atoms with van der Waals surface area (Å²) < 4.78 is 28.7. The molecule has 0 bridgehead atoms. The van der Waals surface area contributed by atoms with Crippen LogP contribution in [-0.4, -0.2) is 36.1 Å². The fourth-order valence-electron chi connectivity index (χ4n) is 1.61. The van der Waals surface area contributed by atoms with Gasteiger partial charge in [-0.15, -0.1) is 0 Å². The summed E-state index contributed by atoms with van der Waals surface area (Å²) in [6.07, 6.45) is -0.957. The second kappa shape index (κ2) is 6.86. The molecule has 1 rings (SSSR count). The van der Waals surface area contributed by atoms with Crippen molar-refractivity contribution in [3.8, 4) is 5.75 Å². The first-order valence-corrected chi connectivity index (χ1v) is 8.17.